The first-order chi connectivity index (χ1) is 17.9. The van der Waals surface area contributed by atoms with Crippen LogP contribution in [-0.4, -0.2) is 44.3 Å². The van der Waals surface area contributed by atoms with Crippen molar-refractivity contribution in [3.05, 3.63) is 77.3 Å². The molecule has 0 atom stereocenters. The average Bonchev–Trinajstić information content (AvgIpc) is 2.88. The second-order valence-corrected chi connectivity index (χ2v) is 7.80. The van der Waals surface area contributed by atoms with E-state index >= 15 is 0 Å². The SMILES string of the molecule is CCOc1cc(/C=N\NC(=O)C(=O)Nc2ccc(OC)cc2)ccc1OCC(=O)Nc1cccc(Cl)c1. The van der Waals surface area contributed by atoms with E-state index < -0.39 is 11.8 Å². The van der Waals surface area contributed by atoms with Gasteiger partial charge in [0.1, 0.15) is 5.75 Å². The Labute approximate surface area is 218 Å². The highest BCUT2D eigenvalue weighted by Gasteiger charge is 2.13. The topological polar surface area (TPSA) is 127 Å². The molecule has 0 aliphatic heterocycles. The number of hydrazone groups is 1. The van der Waals surface area contributed by atoms with Crippen LogP contribution in [0.25, 0.3) is 0 Å². The Balaban J connectivity index is 1.54. The molecule has 3 aromatic rings. The van der Waals surface area contributed by atoms with Crippen molar-refractivity contribution in [3.63, 3.8) is 0 Å². The maximum atomic E-state index is 12.2. The van der Waals surface area contributed by atoms with Gasteiger partial charge in [-0.1, -0.05) is 17.7 Å². The lowest BCUT2D eigenvalue weighted by Crippen LogP contribution is -2.32. The van der Waals surface area contributed by atoms with E-state index in [1.807, 2.05) is 0 Å². The summed E-state index contributed by atoms with van der Waals surface area (Å²) in [5, 5.41) is 9.47. The lowest BCUT2D eigenvalue weighted by molar-refractivity contribution is -0.136. The first-order valence-corrected chi connectivity index (χ1v) is 11.5. The second-order valence-electron chi connectivity index (χ2n) is 7.37. The summed E-state index contributed by atoms with van der Waals surface area (Å²) in [5.41, 5.74) is 3.72. The van der Waals surface area contributed by atoms with E-state index in [4.69, 9.17) is 25.8 Å². The Bertz CT molecular complexity index is 1280. The van der Waals surface area contributed by atoms with Gasteiger partial charge in [-0.15, -0.1) is 0 Å². The van der Waals surface area contributed by atoms with Gasteiger partial charge in [0.25, 0.3) is 5.91 Å². The standard InChI is InChI=1S/C26H25ClN4O6/c1-3-36-23-13-17(7-12-22(23)37-16-24(32)29-20-6-4-5-18(27)14-20)15-28-31-26(34)25(33)30-19-8-10-21(35-2)11-9-19/h4-15H,3,16H2,1-2H3,(H,29,32)(H,30,33)(H,31,34)/b28-15-. The van der Waals surface area contributed by atoms with Gasteiger partial charge >= 0.3 is 11.8 Å². The van der Waals surface area contributed by atoms with Gasteiger partial charge in [-0.2, -0.15) is 5.10 Å². The first-order valence-electron chi connectivity index (χ1n) is 11.1. The monoisotopic (exact) mass is 524 g/mol. The number of ether oxygens (including phenoxy) is 3. The minimum Gasteiger partial charge on any atom is -0.497 e. The third kappa shape index (κ3) is 8.55. The summed E-state index contributed by atoms with van der Waals surface area (Å²) in [6.45, 7) is 1.91. The number of benzene rings is 3. The van der Waals surface area contributed by atoms with E-state index in [1.165, 1.54) is 13.3 Å². The Morgan fingerprint density at radius 1 is 0.892 bits per heavy atom. The zero-order valence-electron chi connectivity index (χ0n) is 20.1. The molecular formula is C26H25ClN4O6. The zero-order valence-corrected chi connectivity index (χ0v) is 20.9. The predicted molar refractivity (Wildman–Crippen MR) is 141 cm³/mol. The van der Waals surface area contributed by atoms with Crippen molar-refractivity contribution in [2.24, 2.45) is 5.10 Å². The number of hydrogen-bond acceptors (Lipinski definition) is 7. The molecule has 0 aromatic heterocycles. The lowest BCUT2D eigenvalue weighted by atomic mass is 10.2. The number of methoxy groups -OCH3 is 1. The van der Waals surface area contributed by atoms with Crippen molar-refractivity contribution in [2.45, 2.75) is 6.92 Å². The predicted octanol–water partition coefficient (Wildman–Crippen LogP) is 3.85. The molecular weight excluding hydrogens is 500 g/mol. The van der Waals surface area contributed by atoms with Gasteiger partial charge < -0.3 is 24.8 Å². The van der Waals surface area contributed by atoms with E-state index in [1.54, 1.807) is 73.7 Å². The second kappa shape index (κ2) is 13.5. The Morgan fingerprint density at radius 3 is 2.38 bits per heavy atom. The number of carbonyl (C=O) groups is 3. The van der Waals surface area contributed by atoms with Gasteiger partial charge in [-0.25, -0.2) is 5.43 Å². The van der Waals surface area contributed by atoms with Crippen LogP contribution in [-0.2, 0) is 14.4 Å². The van der Waals surface area contributed by atoms with Crippen molar-refractivity contribution in [1.29, 1.82) is 0 Å². The van der Waals surface area contributed by atoms with Crippen LogP contribution in [0.2, 0.25) is 5.02 Å². The minimum atomic E-state index is -0.942. The van der Waals surface area contributed by atoms with Gasteiger partial charge in [0.2, 0.25) is 0 Å². The van der Waals surface area contributed by atoms with Crippen molar-refractivity contribution >= 4 is 46.9 Å². The molecule has 192 valence electrons. The fourth-order valence-corrected chi connectivity index (χ4v) is 3.17. The van der Waals surface area contributed by atoms with Gasteiger partial charge in [0.15, 0.2) is 18.1 Å². The van der Waals surface area contributed by atoms with E-state index in [0.717, 1.165) is 0 Å². The van der Waals surface area contributed by atoms with Crippen molar-refractivity contribution in [2.75, 3.05) is 31.0 Å². The van der Waals surface area contributed by atoms with Crippen molar-refractivity contribution in [3.8, 4) is 17.2 Å². The van der Waals surface area contributed by atoms with E-state index in [2.05, 4.69) is 21.2 Å². The van der Waals surface area contributed by atoms with Crippen LogP contribution in [0.1, 0.15) is 12.5 Å². The smallest absolute Gasteiger partial charge is 0.329 e. The van der Waals surface area contributed by atoms with Gasteiger partial charge in [-0.05, 0) is 73.2 Å². The number of anilines is 2. The molecule has 0 fully saturated rings. The maximum Gasteiger partial charge on any atom is 0.329 e. The number of carbonyl (C=O) groups excluding carboxylic acids is 3. The molecule has 3 rings (SSSR count). The van der Waals surface area contributed by atoms with Crippen LogP contribution in [0.4, 0.5) is 11.4 Å². The number of halogens is 1. The molecule has 37 heavy (non-hydrogen) atoms. The number of nitrogens with one attached hydrogen (secondary N) is 3. The summed E-state index contributed by atoms with van der Waals surface area (Å²) < 4.78 is 16.3. The summed E-state index contributed by atoms with van der Waals surface area (Å²) >= 11 is 5.93. The third-order valence-electron chi connectivity index (χ3n) is 4.67. The van der Waals surface area contributed by atoms with Crippen LogP contribution < -0.4 is 30.3 Å². The maximum absolute atomic E-state index is 12.2. The highest BCUT2D eigenvalue weighted by Crippen LogP contribution is 2.28. The summed E-state index contributed by atoms with van der Waals surface area (Å²) in [6, 6.07) is 18.2. The zero-order chi connectivity index (χ0) is 26.6. The van der Waals surface area contributed by atoms with Crippen LogP contribution >= 0.6 is 11.6 Å². The molecule has 0 unspecified atom stereocenters. The number of amides is 3. The van der Waals surface area contributed by atoms with E-state index in [9.17, 15) is 14.4 Å². The molecule has 0 aliphatic rings. The quantitative estimate of drug-likeness (QED) is 0.210. The molecule has 11 heteroatoms. The molecule has 0 saturated carbocycles. The molecule has 0 spiro atoms. The molecule has 3 amide bonds. The fourth-order valence-electron chi connectivity index (χ4n) is 2.98. The highest BCUT2D eigenvalue weighted by atomic mass is 35.5. The van der Waals surface area contributed by atoms with Gasteiger partial charge in [0, 0.05) is 16.4 Å². The van der Waals surface area contributed by atoms with Gasteiger partial charge in [-0.3, -0.25) is 14.4 Å². The van der Waals surface area contributed by atoms with E-state index in [-0.39, 0.29) is 12.5 Å². The van der Waals surface area contributed by atoms with Crippen molar-refractivity contribution in [1.82, 2.24) is 5.43 Å². The molecule has 10 nitrogen and oxygen atoms in total. The number of hydrogen-bond donors (Lipinski definition) is 3. The number of nitrogens with zero attached hydrogens (tertiary/aromatic N) is 1. The summed E-state index contributed by atoms with van der Waals surface area (Å²) in [5.74, 6) is -0.838. The van der Waals surface area contributed by atoms with Crippen molar-refractivity contribution < 1.29 is 28.6 Å². The molecule has 0 bridgehead atoms. The van der Waals surface area contributed by atoms with Crippen LogP contribution in [0.5, 0.6) is 17.2 Å². The summed E-state index contributed by atoms with van der Waals surface area (Å²) in [7, 11) is 1.53. The molecule has 0 radical (unpaired) electrons. The van der Waals surface area contributed by atoms with Crippen LogP contribution in [0, 0.1) is 0 Å². The third-order valence-corrected chi connectivity index (χ3v) is 4.90. The molecule has 3 N–H and O–H groups in total. The molecule has 0 saturated heterocycles. The number of rotatable bonds is 10. The Kier molecular flexibility index (Phi) is 9.86. The first kappa shape index (κ1) is 27.0. The molecule has 0 heterocycles. The average molecular weight is 525 g/mol. The van der Waals surface area contributed by atoms with Crippen LogP contribution in [0.3, 0.4) is 0 Å². The Hall–Kier alpha value is -4.57. The summed E-state index contributed by atoms with van der Waals surface area (Å²) in [4.78, 5) is 36.3. The summed E-state index contributed by atoms with van der Waals surface area (Å²) in [6.07, 6.45) is 1.34. The van der Waals surface area contributed by atoms with E-state index in [0.29, 0.717) is 45.8 Å². The normalized spacial score (nSPS) is 10.5. The largest absolute Gasteiger partial charge is 0.497 e. The highest BCUT2D eigenvalue weighted by molar-refractivity contribution is 6.39. The lowest BCUT2D eigenvalue weighted by Gasteiger charge is -2.12. The molecule has 0 aliphatic carbocycles. The fraction of sp³-hybridized carbons (Fsp3) is 0.154. The Morgan fingerprint density at radius 2 is 1.68 bits per heavy atom. The van der Waals surface area contributed by atoms with Crippen LogP contribution in [0.15, 0.2) is 71.8 Å². The molecule has 3 aromatic carbocycles. The van der Waals surface area contributed by atoms with Gasteiger partial charge in [0.05, 0.1) is 19.9 Å². The minimum absolute atomic E-state index is 0.251.